The molecule has 0 radical (unpaired) electrons. The molecule has 212 valence electrons. The van der Waals surface area contributed by atoms with Gasteiger partial charge in [0.25, 0.3) is 0 Å². The van der Waals surface area contributed by atoms with E-state index in [1.807, 2.05) is 62.2 Å². The zero-order valence-corrected chi connectivity index (χ0v) is 23.8. The van der Waals surface area contributed by atoms with E-state index in [4.69, 9.17) is 5.10 Å². The Morgan fingerprint density at radius 2 is 2.00 bits per heavy atom. The number of hydrogen-bond acceptors (Lipinski definition) is 8. The minimum absolute atomic E-state index is 0.0386. The number of H-pyrrole nitrogens is 1. The molecule has 6 rings (SSSR count). The Morgan fingerprint density at radius 1 is 1.20 bits per heavy atom. The molecule has 11 nitrogen and oxygen atoms in total. The highest BCUT2D eigenvalue weighted by Gasteiger charge is 2.48. The number of nitriles is 1. The number of nitrogens with one attached hydrogen (secondary N) is 2. The van der Waals surface area contributed by atoms with Crippen molar-refractivity contribution in [2.75, 3.05) is 31.5 Å². The summed E-state index contributed by atoms with van der Waals surface area (Å²) >= 11 is 0. The molecule has 2 aliphatic heterocycles. The van der Waals surface area contributed by atoms with E-state index in [0.29, 0.717) is 18.3 Å². The van der Waals surface area contributed by atoms with Crippen molar-refractivity contribution in [3.05, 3.63) is 54.9 Å². The molecule has 2 aliphatic rings. The van der Waals surface area contributed by atoms with Crippen LogP contribution in [-0.4, -0.2) is 77.6 Å². The van der Waals surface area contributed by atoms with Gasteiger partial charge in [-0.3, -0.25) is 19.3 Å². The van der Waals surface area contributed by atoms with Gasteiger partial charge in [-0.2, -0.15) is 10.4 Å². The molecular formula is C30H36N10O. The van der Waals surface area contributed by atoms with Gasteiger partial charge in [-0.05, 0) is 49.7 Å². The van der Waals surface area contributed by atoms with Crippen LogP contribution in [0.5, 0.6) is 0 Å². The second-order valence-corrected chi connectivity index (χ2v) is 12.4. The first kappa shape index (κ1) is 27.1. The molecule has 0 bridgehead atoms. The van der Waals surface area contributed by atoms with Gasteiger partial charge in [-0.25, -0.2) is 15.0 Å². The van der Waals surface area contributed by atoms with E-state index in [1.165, 1.54) is 0 Å². The summed E-state index contributed by atoms with van der Waals surface area (Å²) in [6.07, 6.45) is 11.6. The third kappa shape index (κ3) is 5.45. The van der Waals surface area contributed by atoms with E-state index in [2.05, 4.69) is 41.1 Å². The minimum atomic E-state index is -0.465. The first-order valence-electron chi connectivity index (χ1n) is 14.2. The molecular weight excluding hydrogens is 516 g/mol. The molecule has 0 saturated carbocycles. The number of carbonyl (C=O) groups excluding carboxylic acids is 1. The van der Waals surface area contributed by atoms with Crippen LogP contribution in [0.3, 0.4) is 0 Å². The first-order chi connectivity index (χ1) is 19.7. The van der Waals surface area contributed by atoms with Gasteiger partial charge in [-0.15, -0.1) is 0 Å². The zero-order chi connectivity index (χ0) is 28.6. The fraction of sp³-hybridized carbons (Fsp3) is 0.467. The lowest BCUT2D eigenvalue weighted by atomic mass is 9.83. The van der Waals surface area contributed by atoms with Crippen LogP contribution >= 0.6 is 0 Å². The number of aromatic nitrogens is 6. The summed E-state index contributed by atoms with van der Waals surface area (Å²) in [6, 6.07) is 8.87. The molecule has 2 N–H and O–H groups in total. The number of aromatic amines is 1. The average molecular weight is 553 g/mol. The van der Waals surface area contributed by atoms with E-state index >= 15 is 0 Å². The highest BCUT2D eigenvalue weighted by Crippen LogP contribution is 2.37. The third-order valence-electron chi connectivity index (χ3n) is 8.33. The molecule has 0 aromatic carbocycles. The molecule has 1 amide bonds. The number of hydrogen-bond donors (Lipinski definition) is 2. The van der Waals surface area contributed by atoms with Crippen molar-refractivity contribution >= 4 is 22.8 Å². The zero-order valence-electron chi connectivity index (χ0n) is 23.8. The topological polar surface area (TPSA) is 132 Å². The average Bonchev–Trinajstić information content (AvgIpc) is 3.61. The number of piperidine rings is 1. The quantitative estimate of drug-likeness (QED) is 0.354. The number of pyridine rings is 1. The second kappa shape index (κ2) is 10.7. The normalized spacial score (nSPS) is 18.2. The lowest BCUT2D eigenvalue weighted by Gasteiger charge is -2.53. The van der Waals surface area contributed by atoms with Crippen LogP contribution in [0.25, 0.3) is 22.3 Å². The number of nitrogens with zero attached hydrogens (tertiary/aromatic N) is 8. The van der Waals surface area contributed by atoms with Crippen LogP contribution in [-0.2, 0) is 16.9 Å². The maximum absolute atomic E-state index is 12.4. The minimum Gasteiger partial charge on any atom is -0.346 e. The Labute approximate surface area is 239 Å². The van der Waals surface area contributed by atoms with Gasteiger partial charge in [-0.1, -0.05) is 20.8 Å². The Balaban J connectivity index is 1.05. The molecule has 0 unspecified atom stereocenters. The van der Waals surface area contributed by atoms with Gasteiger partial charge >= 0.3 is 0 Å². The van der Waals surface area contributed by atoms with Crippen LogP contribution in [0.4, 0.5) is 5.82 Å². The number of amides is 1. The van der Waals surface area contributed by atoms with E-state index in [0.717, 1.165) is 73.4 Å². The Kier molecular flexibility index (Phi) is 7.05. The van der Waals surface area contributed by atoms with Crippen molar-refractivity contribution in [1.82, 2.24) is 39.5 Å². The Hall–Kier alpha value is -4.14. The largest absolute Gasteiger partial charge is 0.346 e. The van der Waals surface area contributed by atoms with Crippen molar-refractivity contribution < 1.29 is 4.79 Å². The third-order valence-corrected chi connectivity index (χ3v) is 8.33. The summed E-state index contributed by atoms with van der Waals surface area (Å²) in [4.78, 5) is 33.6. The summed E-state index contributed by atoms with van der Waals surface area (Å²) in [6.45, 7) is 10.2. The van der Waals surface area contributed by atoms with Crippen LogP contribution in [0.15, 0.2) is 49.3 Å². The lowest BCUT2D eigenvalue weighted by molar-refractivity contribution is -0.123. The van der Waals surface area contributed by atoms with E-state index in [-0.39, 0.29) is 11.4 Å². The molecule has 0 aliphatic carbocycles. The summed E-state index contributed by atoms with van der Waals surface area (Å²) < 4.78 is 1.98. The van der Waals surface area contributed by atoms with Crippen LogP contribution in [0.1, 0.15) is 45.6 Å². The number of likely N-dealkylation sites (tertiary alicyclic amines) is 2. The summed E-state index contributed by atoms with van der Waals surface area (Å²) in [5, 5.41) is 18.3. The van der Waals surface area contributed by atoms with E-state index in [9.17, 15) is 10.1 Å². The van der Waals surface area contributed by atoms with Crippen LogP contribution in [0.2, 0.25) is 0 Å². The number of fused-ring (bicyclic) bond motifs is 1. The van der Waals surface area contributed by atoms with E-state index in [1.54, 1.807) is 12.5 Å². The first-order valence-corrected chi connectivity index (χ1v) is 14.2. The van der Waals surface area contributed by atoms with Crippen LogP contribution in [0, 0.1) is 16.7 Å². The van der Waals surface area contributed by atoms with Crippen LogP contribution < -0.4 is 5.32 Å². The molecule has 41 heavy (non-hydrogen) atoms. The standard InChI is InChI=1S/C30H36N10O/c1-29(2,3)28(41)37-25-14-21(4-10-32-25)16-38-12-6-23(7-13-38)39-18-30(19-39,8-9-31)40-17-22(15-36-40)26-24-5-11-33-27(24)35-20-34-26/h4-5,10-11,14-15,17,20,23H,6-8,12-13,16,18-19H2,1-3H3,(H,32,37,41)(H,33,34,35). The van der Waals surface area contributed by atoms with E-state index < -0.39 is 5.41 Å². The number of rotatable bonds is 7. The SMILES string of the molecule is CC(C)(C)C(=O)Nc1cc(CN2CCC(N3CC(CC#N)(n4cc(-c5ncnc6[nH]ccc56)cn4)C3)CC2)ccn1. The maximum atomic E-state index is 12.4. The van der Waals surface area contributed by atoms with Gasteiger partial charge in [0.1, 0.15) is 23.3 Å². The van der Waals surface area contributed by atoms with Crippen molar-refractivity contribution in [3.63, 3.8) is 0 Å². The Bertz CT molecular complexity index is 1580. The summed E-state index contributed by atoms with van der Waals surface area (Å²) in [5.74, 6) is 0.564. The molecule has 4 aromatic heterocycles. The van der Waals surface area contributed by atoms with Crippen molar-refractivity contribution in [3.8, 4) is 17.3 Å². The number of anilines is 1. The summed E-state index contributed by atoms with van der Waals surface area (Å²) in [7, 11) is 0. The molecule has 0 atom stereocenters. The predicted octanol–water partition coefficient (Wildman–Crippen LogP) is 3.79. The smallest absolute Gasteiger partial charge is 0.230 e. The molecule has 6 heterocycles. The van der Waals surface area contributed by atoms with Crippen molar-refractivity contribution in [2.24, 2.45) is 5.41 Å². The summed E-state index contributed by atoms with van der Waals surface area (Å²) in [5.41, 5.74) is 2.93. The molecule has 0 spiro atoms. The highest BCUT2D eigenvalue weighted by atomic mass is 16.2. The maximum Gasteiger partial charge on any atom is 0.230 e. The number of carbonyl (C=O) groups is 1. The van der Waals surface area contributed by atoms with Crippen molar-refractivity contribution in [2.45, 2.75) is 58.2 Å². The second-order valence-electron chi connectivity index (χ2n) is 12.4. The fourth-order valence-electron chi connectivity index (χ4n) is 5.91. The van der Waals surface area contributed by atoms with Gasteiger partial charge < -0.3 is 10.3 Å². The molecule has 4 aromatic rings. The molecule has 2 fully saturated rings. The monoisotopic (exact) mass is 552 g/mol. The van der Waals surface area contributed by atoms with Gasteiger partial charge in [0, 0.05) is 60.6 Å². The fourth-order valence-corrected chi connectivity index (χ4v) is 5.91. The van der Waals surface area contributed by atoms with Gasteiger partial charge in [0.2, 0.25) is 5.91 Å². The van der Waals surface area contributed by atoms with Gasteiger partial charge in [0.05, 0.1) is 24.4 Å². The highest BCUT2D eigenvalue weighted by molar-refractivity contribution is 5.93. The molecule has 11 heteroatoms. The molecule has 2 saturated heterocycles. The van der Waals surface area contributed by atoms with Gasteiger partial charge in [0.15, 0.2) is 0 Å². The Morgan fingerprint density at radius 3 is 2.76 bits per heavy atom. The van der Waals surface area contributed by atoms with Crippen molar-refractivity contribution in [1.29, 1.82) is 5.26 Å². The predicted molar refractivity (Wildman–Crippen MR) is 156 cm³/mol. The lowest BCUT2D eigenvalue weighted by Crippen LogP contribution is -2.66.